The minimum atomic E-state index is -0.797. The van der Waals surface area contributed by atoms with Crippen molar-refractivity contribution in [2.75, 3.05) is 7.11 Å². The van der Waals surface area contributed by atoms with E-state index in [0.29, 0.717) is 0 Å². The van der Waals surface area contributed by atoms with Gasteiger partial charge in [0.2, 0.25) is 0 Å². The van der Waals surface area contributed by atoms with Crippen molar-refractivity contribution in [1.82, 2.24) is 0 Å². The molecular weight excluding hydrogens is 160 g/mol. The molecule has 0 aromatic rings. The molecule has 2 bridgehead atoms. The second kappa shape index (κ2) is 2.71. The van der Waals surface area contributed by atoms with Crippen LogP contribution in [0.4, 0.5) is 0 Å². The average molecular weight is 172 g/mol. The predicted molar refractivity (Wildman–Crippen MR) is 39.8 cm³/mol. The second-order valence-electron chi connectivity index (χ2n) is 3.35. The highest BCUT2D eigenvalue weighted by atomic mass is 16.6. The normalized spacial score (nSPS) is 45.1. The first-order valence-corrected chi connectivity index (χ1v) is 4.15. The lowest BCUT2D eigenvalue weighted by molar-refractivity contribution is -0.147. The van der Waals surface area contributed by atoms with Crippen LogP contribution in [-0.2, 0) is 14.3 Å². The minimum Gasteiger partial charge on any atom is -0.481 e. The van der Waals surface area contributed by atoms with Crippen LogP contribution in [0, 0.1) is 5.92 Å². The van der Waals surface area contributed by atoms with Crippen molar-refractivity contribution in [2.24, 2.45) is 5.92 Å². The Balaban J connectivity index is 2.16. The minimum absolute atomic E-state index is 0.0149. The zero-order valence-corrected chi connectivity index (χ0v) is 6.90. The molecule has 0 aromatic heterocycles. The van der Waals surface area contributed by atoms with Gasteiger partial charge in [-0.2, -0.15) is 0 Å². The molecule has 0 amide bonds. The second-order valence-corrected chi connectivity index (χ2v) is 3.35. The first-order chi connectivity index (χ1) is 5.74. The van der Waals surface area contributed by atoms with Crippen LogP contribution in [0.25, 0.3) is 0 Å². The average Bonchev–Trinajstić information content (AvgIpc) is 2.60. The van der Waals surface area contributed by atoms with Crippen LogP contribution in [0.3, 0.4) is 0 Å². The first kappa shape index (κ1) is 8.01. The zero-order chi connectivity index (χ0) is 8.72. The highest BCUT2D eigenvalue weighted by Crippen LogP contribution is 2.40. The number of carboxylic acids is 1. The molecule has 4 nitrogen and oxygen atoms in total. The van der Waals surface area contributed by atoms with E-state index in [-0.39, 0.29) is 18.3 Å². The standard InChI is InChI=1S/C8H12O4/c1-11-7-5-3-2-4(12-5)6(7)8(9)10/h4-7H,2-3H2,1H3,(H,9,10). The molecule has 4 unspecified atom stereocenters. The molecule has 4 atom stereocenters. The first-order valence-electron chi connectivity index (χ1n) is 4.15. The van der Waals surface area contributed by atoms with Crippen LogP contribution in [0.5, 0.6) is 0 Å². The van der Waals surface area contributed by atoms with Gasteiger partial charge in [-0.05, 0) is 12.8 Å². The van der Waals surface area contributed by atoms with Crippen molar-refractivity contribution >= 4 is 5.97 Å². The number of hydrogen-bond acceptors (Lipinski definition) is 3. The Morgan fingerprint density at radius 2 is 2.17 bits per heavy atom. The van der Waals surface area contributed by atoms with Gasteiger partial charge < -0.3 is 14.6 Å². The Kier molecular flexibility index (Phi) is 1.81. The predicted octanol–water partition coefficient (Wildman–Crippen LogP) is 0.263. The SMILES string of the molecule is COC1C2CCC(O2)C1C(=O)O. The number of hydrogen-bond donors (Lipinski definition) is 1. The molecule has 0 spiro atoms. The lowest BCUT2D eigenvalue weighted by Crippen LogP contribution is -2.38. The highest BCUT2D eigenvalue weighted by molar-refractivity contribution is 5.72. The van der Waals surface area contributed by atoms with Gasteiger partial charge in [-0.1, -0.05) is 0 Å². The van der Waals surface area contributed by atoms with Crippen LogP contribution < -0.4 is 0 Å². The van der Waals surface area contributed by atoms with E-state index in [2.05, 4.69) is 0 Å². The number of ether oxygens (including phenoxy) is 2. The molecule has 0 aliphatic carbocycles. The van der Waals surface area contributed by atoms with Gasteiger partial charge in [0.05, 0.1) is 18.3 Å². The summed E-state index contributed by atoms with van der Waals surface area (Å²) in [5.41, 5.74) is 0. The largest absolute Gasteiger partial charge is 0.481 e. The fourth-order valence-electron chi connectivity index (χ4n) is 2.24. The molecule has 2 saturated heterocycles. The van der Waals surface area contributed by atoms with Crippen molar-refractivity contribution in [1.29, 1.82) is 0 Å². The van der Waals surface area contributed by atoms with E-state index in [1.54, 1.807) is 7.11 Å². The Hall–Kier alpha value is -0.610. The van der Waals surface area contributed by atoms with Gasteiger partial charge in [0.25, 0.3) is 0 Å². The summed E-state index contributed by atoms with van der Waals surface area (Å²) in [6.07, 6.45) is 1.47. The summed E-state index contributed by atoms with van der Waals surface area (Å²) >= 11 is 0. The lowest BCUT2D eigenvalue weighted by atomic mass is 9.86. The molecule has 2 aliphatic rings. The van der Waals surface area contributed by atoms with Gasteiger partial charge in [0.1, 0.15) is 5.92 Å². The van der Waals surface area contributed by atoms with E-state index in [1.807, 2.05) is 0 Å². The van der Waals surface area contributed by atoms with Gasteiger partial charge in [0.15, 0.2) is 0 Å². The maximum absolute atomic E-state index is 10.8. The fraction of sp³-hybridized carbons (Fsp3) is 0.875. The Morgan fingerprint density at radius 1 is 1.50 bits per heavy atom. The number of carbonyl (C=O) groups is 1. The molecule has 2 fully saturated rings. The van der Waals surface area contributed by atoms with Crippen LogP contribution >= 0.6 is 0 Å². The Morgan fingerprint density at radius 3 is 2.67 bits per heavy atom. The van der Waals surface area contributed by atoms with Crippen molar-refractivity contribution in [3.8, 4) is 0 Å². The van der Waals surface area contributed by atoms with Crippen LogP contribution in [0.1, 0.15) is 12.8 Å². The van der Waals surface area contributed by atoms with Gasteiger partial charge in [-0.3, -0.25) is 4.79 Å². The Labute approximate surface area is 70.5 Å². The topological polar surface area (TPSA) is 55.8 Å². The lowest BCUT2D eigenvalue weighted by Gasteiger charge is -2.22. The van der Waals surface area contributed by atoms with Gasteiger partial charge in [-0.25, -0.2) is 0 Å². The third kappa shape index (κ3) is 0.949. The fourth-order valence-corrected chi connectivity index (χ4v) is 2.24. The quantitative estimate of drug-likeness (QED) is 0.649. The molecule has 0 radical (unpaired) electrons. The summed E-state index contributed by atoms with van der Waals surface area (Å²) in [4.78, 5) is 10.8. The summed E-state index contributed by atoms with van der Waals surface area (Å²) in [5.74, 6) is -1.25. The summed E-state index contributed by atoms with van der Waals surface area (Å²) in [6, 6.07) is 0. The Bertz CT molecular complexity index is 203. The summed E-state index contributed by atoms with van der Waals surface area (Å²) in [5, 5.41) is 8.88. The van der Waals surface area contributed by atoms with Gasteiger partial charge in [-0.15, -0.1) is 0 Å². The van der Waals surface area contributed by atoms with Gasteiger partial charge in [0, 0.05) is 7.11 Å². The van der Waals surface area contributed by atoms with Crippen molar-refractivity contribution in [3.63, 3.8) is 0 Å². The number of aliphatic carboxylic acids is 1. The number of carboxylic acid groups (broad SMARTS) is 1. The number of fused-ring (bicyclic) bond motifs is 2. The summed E-state index contributed by atoms with van der Waals surface area (Å²) < 4.78 is 10.6. The molecule has 4 heteroatoms. The maximum Gasteiger partial charge on any atom is 0.311 e. The molecule has 68 valence electrons. The van der Waals surface area contributed by atoms with E-state index in [4.69, 9.17) is 14.6 Å². The summed E-state index contributed by atoms with van der Waals surface area (Å²) in [6.45, 7) is 0. The van der Waals surface area contributed by atoms with E-state index in [0.717, 1.165) is 12.8 Å². The van der Waals surface area contributed by atoms with Crippen molar-refractivity contribution in [2.45, 2.75) is 31.2 Å². The molecule has 12 heavy (non-hydrogen) atoms. The van der Waals surface area contributed by atoms with Gasteiger partial charge >= 0.3 is 5.97 Å². The highest BCUT2D eigenvalue weighted by Gasteiger charge is 2.52. The molecule has 2 aliphatic heterocycles. The zero-order valence-electron chi connectivity index (χ0n) is 6.90. The molecule has 0 aromatic carbocycles. The van der Waals surface area contributed by atoms with Crippen LogP contribution in [0.15, 0.2) is 0 Å². The summed E-state index contributed by atoms with van der Waals surface area (Å²) in [7, 11) is 1.55. The van der Waals surface area contributed by atoms with E-state index >= 15 is 0 Å². The van der Waals surface area contributed by atoms with Crippen molar-refractivity contribution in [3.05, 3.63) is 0 Å². The van der Waals surface area contributed by atoms with Crippen LogP contribution in [0.2, 0.25) is 0 Å². The van der Waals surface area contributed by atoms with E-state index in [9.17, 15) is 4.79 Å². The van der Waals surface area contributed by atoms with E-state index < -0.39 is 11.9 Å². The third-order valence-electron chi connectivity index (χ3n) is 2.76. The van der Waals surface area contributed by atoms with Crippen molar-refractivity contribution < 1.29 is 19.4 Å². The van der Waals surface area contributed by atoms with Crippen LogP contribution in [-0.4, -0.2) is 36.5 Å². The molecule has 2 heterocycles. The number of rotatable bonds is 2. The molecule has 1 N–H and O–H groups in total. The van der Waals surface area contributed by atoms with E-state index in [1.165, 1.54) is 0 Å². The maximum atomic E-state index is 10.8. The number of methoxy groups -OCH3 is 1. The monoisotopic (exact) mass is 172 g/mol. The molecule has 2 rings (SSSR count). The third-order valence-corrected chi connectivity index (χ3v) is 2.76. The smallest absolute Gasteiger partial charge is 0.311 e. The molecular formula is C8H12O4. The molecule has 0 saturated carbocycles.